The zero-order valence-electron chi connectivity index (χ0n) is 5.37. The summed E-state index contributed by atoms with van der Waals surface area (Å²) in [6, 6.07) is 1.20. The fraction of sp³-hybridized carbons (Fsp3) is 0. The molecular formula is C6H5F3N2. The number of nitrogens with one attached hydrogen (secondary N) is 1. The second-order valence-corrected chi connectivity index (χ2v) is 1.89. The van der Waals surface area contributed by atoms with Gasteiger partial charge in [-0.15, -0.1) is 0 Å². The van der Waals surface area contributed by atoms with E-state index in [2.05, 4.69) is 0 Å². The molecule has 0 saturated heterocycles. The summed E-state index contributed by atoms with van der Waals surface area (Å²) >= 11 is 0. The lowest BCUT2D eigenvalue weighted by atomic mass is 10.3. The van der Waals surface area contributed by atoms with Gasteiger partial charge in [0.25, 0.3) is 0 Å². The van der Waals surface area contributed by atoms with Gasteiger partial charge in [-0.25, -0.2) is 13.2 Å². The number of anilines is 1. The van der Waals surface area contributed by atoms with Crippen LogP contribution in [0.2, 0.25) is 0 Å². The van der Waals surface area contributed by atoms with Crippen LogP contribution < -0.4 is 11.3 Å². The monoisotopic (exact) mass is 162 g/mol. The van der Waals surface area contributed by atoms with Gasteiger partial charge in [0, 0.05) is 12.1 Å². The first-order valence-corrected chi connectivity index (χ1v) is 2.76. The van der Waals surface area contributed by atoms with Crippen LogP contribution in [0.25, 0.3) is 0 Å². The third kappa shape index (κ3) is 1.43. The fourth-order valence-electron chi connectivity index (χ4n) is 0.661. The zero-order valence-corrected chi connectivity index (χ0v) is 5.37. The van der Waals surface area contributed by atoms with E-state index in [0.717, 1.165) is 6.07 Å². The van der Waals surface area contributed by atoms with E-state index in [-0.39, 0.29) is 0 Å². The van der Waals surface area contributed by atoms with Crippen LogP contribution in [0.3, 0.4) is 0 Å². The van der Waals surface area contributed by atoms with Crippen LogP contribution in [0.15, 0.2) is 12.1 Å². The van der Waals surface area contributed by atoms with E-state index < -0.39 is 23.1 Å². The number of benzene rings is 1. The number of halogens is 3. The minimum absolute atomic E-state index is 0.400. The van der Waals surface area contributed by atoms with Crippen LogP contribution in [-0.2, 0) is 0 Å². The Kier molecular flexibility index (Phi) is 2.00. The molecule has 0 aliphatic rings. The molecule has 2 nitrogen and oxygen atoms in total. The molecule has 0 aromatic heterocycles. The molecule has 0 atom stereocenters. The molecule has 0 spiro atoms. The van der Waals surface area contributed by atoms with Crippen LogP contribution in [0.4, 0.5) is 18.9 Å². The number of rotatable bonds is 1. The number of hydrogen-bond acceptors (Lipinski definition) is 2. The molecular weight excluding hydrogens is 157 g/mol. The summed E-state index contributed by atoms with van der Waals surface area (Å²) < 4.78 is 37.1. The molecule has 5 heteroatoms. The Hall–Kier alpha value is -1.23. The quantitative estimate of drug-likeness (QED) is 0.372. The van der Waals surface area contributed by atoms with Gasteiger partial charge in [-0.2, -0.15) is 0 Å². The Balaban J connectivity index is 3.24. The van der Waals surface area contributed by atoms with Crippen molar-refractivity contribution in [3.05, 3.63) is 29.6 Å². The molecule has 1 aromatic carbocycles. The zero-order chi connectivity index (χ0) is 8.43. The molecule has 0 amide bonds. The third-order valence-electron chi connectivity index (χ3n) is 1.15. The van der Waals surface area contributed by atoms with E-state index in [4.69, 9.17) is 5.84 Å². The predicted octanol–water partition coefficient (Wildman–Crippen LogP) is 1.39. The molecule has 0 unspecified atom stereocenters. The number of hydrazine groups is 1. The minimum atomic E-state index is -1.27. The lowest BCUT2D eigenvalue weighted by Gasteiger charge is -2.01. The molecule has 0 saturated carbocycles. The maximum Gasteiger partial charge on any atom is 0.183 e. The molecule has 60 valence electrons. The molecule has 0 fully saturated rings. The van der Waals surface area contributed by atoms with Crippen molar-refractivity contribution in [3.63, 3.8) is 0 Å². The molecule has 1 rings (SSSR count). The largest absolute Gasteiger partial charge is 0.321 e. The molecule has 0 aliphatic carbocycles. The number of nitrogen functional groups attached to an aromatic ring is 1. The Bertz CT molecular complexity index is 275. The van der Waals surface area contributed by atoms with Crippen LogP contribution >= 0.6 is 0 Å². The molecule has 0 bridgehead atoms. The van der Waals surface area contributed by atoms with E-state index in [1.54, 1.807) is 0 Å². The fourth-order valence-corrected chi connectivity index (χ4v) is 0.661. The van der Waals surface area contributed by atoms with Crippen LogP contribution in [0, 0.1) is 17.5 Å². The predicted molar refractivity (Wildman–Crippen MR) is 34.1 cm³/mol. The molecule has 1 aromatic rings. The smallest absolute Gasteiger partial charge is 0.183 e. The Morgan fingerprint density at radius 2 is 1.82 bits per heavy atom. The second-order valence-electron chi connectivity index (χ2n) is 1.89. The van der Waals surface area contributed by atoms with Gasteiger partial charge < -0.3 is 5.43 Å². The maximum atomic E-state index is 12.5. The summed E-state index contributed by atoms with van der Waals surface area (Å²) in [5.41, 5.74) is 1.42. The molecule has 0 radical (unpaired) electrons. The SMILES string of the molecule is NNc1cc(F)cc(F)c1F. The van der Waals surface area contributed by atoms with Gasteiger partial charge in [-0.1, -0.05) is 0 Å². The van der Waals surface area contributed by atoms with Gasteiger partial charge in [-0.05, 0) is 0 Å². The average Bonchev–Trinajstić information content (AvgIpc) is 1.96. The molecule has 0 aliphatic heterocycles. The van der Waals surface area contributed by atoms with E-state index in [1.165, 1.54) is 0 Å². The van der Waals surface area contributed by atoms with E-state index in [0.29, 0.717) is 6.07 Å². The first-order chi connectivity index (χ1) is 5.15. The Labute approximate surface area is 60.8 Å². The van der Waals surface area contributed by atoms with Crippen molar-refractivity contribution in [3.8, 4) is 0 Å². The summed E-state index contributed by atoms with van der Waals surface area (Å²) in [7, 11) is 0. The summed E-state index contributed by atoms with van der Waals surface area (Å²) in [5.74, 6) is 1.44. The van der Waals surface area contributed by atoms with Crippen molar-refractivity contribution < 1.29 is 13.2 Å². The Morgan fingerprint density at radius 1 is 1.18 bits per heavy atom. The highest BCUT2D eigenvalue weighted by molar-refractivity contribution is 5.43. The van der Waals surface area contributed by atoms with Crippen LogP contribution in [-0.4, -0.2) is 0 Å². The highest BCUT2D eigenvalue weighted by Crippen LogP contribution is 2.17. The van der Waals surface area contributed by atoms with Crippen molar-refractivity contribution in [2.45, 2.75) is 0 Å². The summed E-state index contributed by atoms with van der Waals surface area (Å²) in [6.45, 7) is 0. The van der Waals surface area contributed by atoms with E-state index in [9.17, 15) is 13.2 Å². The number of nitrogens with two attached hydrogens (primary N) is 1. The van der Waals surface area contributed by atoms with Gasteiger partial charge in [0.15, 0.2) is 11.6 Å². The molecule has 11 heavy (non-hydrogen) atoms. The summed E-state index contributed by atoms with van der Waals surface area (Å²) in [4.78, 5) is 0. The molecule has 3 N–H and O–H groups in total. The van der Waals surface area contributed by atoms with E-state index in [1.807, 2.05) is 5.43 Å². The van der Waals surface area contributed by atoms with Crippen molar-refractivity contribution in [1.29, 1.82) is 0 Å². The third-order valence-corrected chi connectivity index (χ3v) is 1.15. The highest BCUT2D eigenvalue weighted by atomic mass is 19.2. The normalized spacial score (nSPS) is 9.82. The van der Waals surface area contributed by atoms with Gasteiger partial charge in [0.05, 0.1) is 5.69 Å². The van der Waals surface area contributed by atoms with Crippen molar-refractivity contribution in [2.24, 2.45) is 5.84 Å². The lowest BCUT2D eigenvalue weighted by Crippen LogP contribution is -2.09. The number of hydrogen-bond donors (Lipinski definition) is 2. The van der Waals surface area contributed by atoms with Crippen LogP contribution in [0.5, 0.6) is 0 Å². The first-order valence-electron chi connectivity index (χ1n) is 2.76. The topological polar surface area (TPSA) is 38.0 Å². The second kappa shape index (κ2) is 2.79. The van der Waals surface area contributed by atoms with E-state index >= 15 is 0 Å². The van der Waals surface area contributed by atoms with Crippen LogP contribution in [0.1, 0.15) is 0 Å². The van der Waals surface area contributed by atoms with Gasteiger partial charge >= 0.3 is 0 Å². The van der Waals surface area contributed by atoms with Gasteiger partial charge in [-0.3, -0.25) is 5.84 Å². The van der Waals surface area contributed by atoms with Gasteiger partial charge in [0.1, 0.15) is 5.82 Å². The van der Waals surface area contributed by atoms with Gasteiger partial charge in [0.2, 0.25) is 0 Å². The van der Waals surface area contributed by atoms with Crippen molar-refractivity contribution >= 4 is 5.69 Å². The summed E-state index contributed by atoms with van der Waals surface area (Å²) in [6.07, 6.45) is 0. The summed E-state index contributed by atoms with van der Waals surface area (Å²) in [5, 5.41) is 0. The molecule has 0 heterocycles. The standard InChI is InChI=1S/C6H5F3N2/c7-3-1-4(8)6(9)5(2-3)11-10/h1-2,11H,10H2. The highest BCUT2D eigenvalue weighted by Gasteiger charge is 2.08. The first kappa shape index (κ1) is 7.87. The van der Waals surface area contributed by atoms with Crippen molar-refractivity contribution in [2.75, 3.05) is 5.43 Å². The lowest BCUT2D eigenvalue weighted by molar-refractivity contribution is 0.497. The Morgan fingerprint density at radius 3 is 2.36 bits per heavy atom. The average molecular weight is 162 g/mol. The van der Waals surface area contributed by atoms with Crippen molar-refractivity contribution in [1.82, 2.24) is 0 Å². The maximum absolute atomic E-state index is 12.5. The minimum Gasteiger partial charge on any atom is -0.321 e.